The zero-order valence-corrected chi connectivity index (χ0v) is 17.6. The third kappa shape index (κ3) is 4.98. The highest BCUT2D eigenvalue weighted by atomic mass is 35.5. The first-order chi connectivity index (χ1) is 14.0. The Balaban J connectivity index is 1.63. The summed E-state index contributed by atoms with van der Waals surface area (Å²) in [6, 6.07) is 5.86. The summed E-state index contributed by atoms with van der Waals surface area (Å²) in [7, 11) is 1.89. The molecule has 0 saturated heterocycles. The lowest BCUT2D eigenvalue weighted by Gasteiger charge is -2.28. The van der Waals surface area contributed by atoms with Crippen molar-refractivity contribution in [3.05, 3.63) is 46.8 Å². The van der Waals surface area contributed by atoms with Crippen molar-refractivity contribution < 1.29 is 0 Å². The van der Waals surface area contributed by atoms with E-state index in [4.69, 9.17) is 33.9 Å². The van der Waals surface area contributed by atoms with Crippen molar-refractivity contribution in [3.8, 4) is 11.1 Å². The Hall–Kier alpha value is -2.35. The minimum Gasteiger partial charge on any atom is -0.367 e. The quantitative estimate of drug-likeness (QED) is 0.545. The molecule has 4 N–H and O–H groups in total. The number of benzene rings is 1. The molecule has 4 rings (SSSR count). The molecule has 0 radical (unpaired) electrons. The number of hydrogen-bond donors (Lipinski definition) is 3. The minimum atomic E-state index is 0.293. The van der Waals surface area contributed by atoms with Crippen molar-refractivity contribution in [2.45, 2.75) is 37.8 Å². The highest BCUT2D eigenvalue weighted by molar-refractivity contribution is 6.35. The van der Waals surface area contributed by atoms with Gasteiger partial charge in [0, 0.05) is 58.4 Å². The number of halogens is 2. The van der Waals surface area contributed by atoms with E-state index >= 15 is 0 Å². The van der Waals surface area contributed by atoms with E-state index in [2.05, 4.69) is 20.7 Å². The SMILES string of the molecule is Cn1cc(-c2cnc(Nc3cc(Cl)cc(Cl)c3)nc2N[C@H]2CC[C@H](N)CC2)cn1. The maximum Gasteiger partial charge on any atom is 0.229 e. The van der Waals surface area contributed by atoms with Crippen LogP contribution >= 0.6 is 23.2 Å². The molecule has 1 aliphatic carbocycles. The van der Waals surface area contributed by atoms with E-state index in [1.54, 1.807) is 29.1 Å². The highest BCUT2D eigenvalue weighted by Gasteiger charge is 2.21. The summed E-state index contributed by atoms with van der Waals surface area (Å²) in [6.45, 7) is 0. The van der Waals surface area contributed by atoms with Crippen LogP contribution in [0.1, 0.15) is 25.7 Å². The first kappa shape index (κ1) is 19.9. The lowest BCUT2D eigenvalue weighted by molar-refractivity contribution is 0.410. The third-order valence-electron chi connectivity index (χ3n) is 5.04. The van der Waals surface area contributed by atoms with Gasteiger partial charge in [-0.1, -0.05) is 23.2 Å². The molecule has 3 aromatic rings. The van der Waals surface area contributed by atoms with Gasteiger partial charge in [0.05, 0.1) is 6.20 Å². The van der Waals surface area contributed by atoms with E-state index in [1.165, 1.54) is 0 Å². The summed E-state index contributed by atoms with van der Waals surface area (Å²) in [5.74, 6) is 1.23. The Morgan fingerprint density at radius 1 is 1.07 bits per heavy atom. The van der Waals surface area contributed by atoms with Crippen LogP contribution in [-0.4, -0.2) is 31.8 Å². The fourth-order valence-corrected chi connectivity index (χ4v) is 4.06. The molecular weight excluding hydrogens is 409 g/mol. The van der Waals surface area contributed by atoms with Gasteiger partial charge < -0.3 is 16.4 Å². The Kier molecular flexibility index (Phi) is 5.89. The topological polar surface area (TPSA) is 93.7 Å². The van der Waals surface area contributed by atoms with Gasteiger partial charge in [0.1, 0.15) is 5.82 Å². The summed E-state index contributed by atoms with van der Waals surface area (Å²) >= 11 is 12.2. The molecule has 0 bridgehead atoms. The lowest BCUT2D eigenvalue weighted by Crippen LogP contribution is -2.33. The molecule has 29 heavy (non-hydrogen) atoms. The second kappa shape index (κ2) is 8.57. The maximum absolute atomic E-state index is 6.10. The van der Waals surface area contributed by atoms with Crippen molar-refractivity contribution >= 4 is 40.7 Å². The largest absolute Gasteiger partial charge is 0.367 e. The van der Waals surface area contributed by atoms with Gasteiger partial charge >= 0.3 is 0 Å². The number of hydrogen-bond acceptors (Lipinski definition) is 6. The number of aromatic nitrogens is 4. The van der Waals surface area contributed by atoms with Gasteiger partial charge in [0.25, 0.3) is 0 Å². The van der Waals surface area contributed by atoms with E-state index in [0.717, 1.165) is 48.3 Å². The van der Waals surface area contributed by atoms with Crippen molar-refractivity contribution in [2.75, 3.05) is 10.6 Å². The predicted octanol–water partition coefficient (Wildman–Crippen LogP) is 4.61. The third-order valence-corrected chi connectivity index (χ3v) is 5.47. The van der Waals surface area contributed by atoms with E-state index in [-0.39, 0.29) is 0 Å². The number of nitrogens with zero attached hydrogens (tertiary/aromatic N) is 4. The van der Waals surface area contributed by atoms with Gasteiger partial charge in [-0.15, -0.1) is 0 Å². The highest BCUT2D eigenvalue weighted by Crippen LogP contribution is 2.30. The van der Waals surface area contributed by atoms with Crippen LogP contribution in [0.15, 0.2) is 36.8 Å². The molecule has 0 unspecified atom stereocenters. The molecule has 2 aromatic heterocycles. The lowest BCUT2D eigenvalue weighted by atomic mass is 9.91. The van der Waals surface area contributed by atoms with Crippen LogP contribution in [0.4, 0.5) is 17.5 Å². The van der Waals surface area contributed by atoms with Gasteiger partial charge in [-0.25, -0.2) is 4.98 Å². The predicted molar refractivity (Wildman–Crippen MR) is 118 cm³/mol. The Morgan fingerprint density at radius 3 is 2.45 bits per heavy atom. The van der Waals surface area contributed by atoms with Gasteiger partial charge in [-0.3, -0.25) is 4.68 Å². The number of aryl methyl sites for hydroxylation is 1. The first-order valence-electron chi connectivity index (χ1n) is 9.57. The molecule has 0 aliphatic heterocycles. The van der Waals surface area contributed by atoms with Crippen LogP contribution in [0.3, 0.4) is 0 Å². The van der Waals surface area contributed by atoms with E-state index in [1.807, 2.05) is 19.4 Å². The molecule has 152 valence electrons. The second-order valence-electron chi connectivity index (χ2n) is 7.40. The number of rotatable bonds is 5. The monoisotopic (exact) mass is 431 g/mol. The zero-order chi connectivity index (χ0) is 20.4. The molecule has 1 saturated carbocycles. The number of nitrogens with two attached hydrogens (primary N) is 1. The minimum absolute atomic E-state index is 0.293. The Labute approximate surface area is 179 Å². The summed E-state index contributed by atoms with van der Waals surface area (Å²) in [6.07, 6.45) is 9.62. The second-order valence-corrected chi connectivity index (χ2v) is 8.27. The Morgan fingerprint density at radius 2 is 1.79 bits per heavy atom. The zero-order valence-electron chi connectivity index (χ0n) is 16.1. The standard InChI is InChI=1S/C20H23Cl2N7/c1-29-11-12(9-25-29)18-10-24-20(27-17-7-13(21)6-14(22)8-17)28-19(18)26-16-4-2-15(23)3-5-16/h6-11,15-16H,2-5,23H2,1H3,(H2,24,26,27,28)/t15-,16-. The fourth-order valence-electron chi connectivity index (χ4n) is 3.54. The smallest absolute Gasteiger partial charge is 0.229 e. The maximum atomic E-state index is 6.10. The molecule has 0 spiro atoms. The average Bonchev–Trinajstić information content (AvgIpc) is 3.09. The van der Waals surface area contributed by atoms with Crippen LogP contribution in [0, 0.1) is 0 Å². The van der Waals surface area contributed by atoms with E-state index in [0.29, 0.717) is 28.1 Å². The molecule has 1 aliphatic rings. The molecule has 9 heteroatoms. The summed E-state index contributed by atoms with van der Waals surface area (Å²) < 4.78 is 1.76. The van der Waals surface area contributed by atoms with Crippen molar-refractivity contribution in [1.29, 1.82) is 0 Å². The average molecular weight is 432 g/mol. The van der Waals surface area contributed by atoms with Gasteiger partial charge in [-0.05, 0) is 43.9 Å². The van der Waals surface area contributed by atoms with Crippen LogP contribution in [-0.2, 0) is 7.05 Å². The van der Waals surface area contributed by atoms with E-state index < -0.39 is 0 Å². The fraction of sp³-hybridized carbons (Fsp3) is 0.350. The first-order valence-corrected chi connectivity index (χ1v) is 10.3. The molecule has 1 fully saturated rings. The normalized spacial score (nSPS) is 19.2. The number of anilines is 3. The van der Waals surface area contributed by atoms with Crippen molar-refractivity contribution in [3.63, 3.8) is 0 Å². The van der Waals surface area contributed by atoms with E-state index in [9.17, 15) is 0 Å². The van der Waals surface area contributed by atoms with Gasteiger partial charge in [0.15, 0.2) is 0 Å². The van der Waals surface area contributed by atoms with Crippen LogP contribution < -0.4 is 16.4 Å². The molecule has 0 atom stereocenters. The van der Waals surface area contributed by atoms with Gasteiger partial charge in [-0.2, -0.15) is 10.1 Å². The molecule has 2 heterocycles. The molecular formula is C20H23Cl2N7. The van der Waals surface area contributed by atoms with Crippen molar-refractivity contribution in [2.24, 2.45) is 12.8 Å². The summed E-state index contributed by atoms with van der Waals surface area (Å²) in [5.41, 5.74) is 8.64. The molecule has 7 nitrogen and oxygen atoms in total. The van der Waals surface area contributed by atoms with Crippen LogP contribution in [0.2, 0.25) is 10.0 Å². The van der Waals surface area contributed by atoms with Crippen molar-refractivity contribution in [1.82, 2.24) is 19.7 Å². The Bertz CT molecular complexity index is 976. The number of nitrogens with one attached hydrogen (secondary N) is 2. The van der Waals surface area contributed by atoms with Gasteiger partial charge in [0.2, 0.25) is 5.95 Å². The molecule has 1 aromatic carbocycles. The van der Waals surface area contributed by atoms with Crippen LogP contribution in [0.5, 0.6) is 0 Å². The summed E-state index contributed by atoms with van der Waals surface area (Å²) in [5, 5.41) is 12.1. The molecule has 0 amide bonds. The summed E-state index contributed by atoms with van der Waals surface area (Å²) in [4.78, 5) is 9.22. The van der Waals surface area contributed by atoms with Crippen LogP contribution in [0.25, 0.3) is 11.1 Å².